The highest BCUT2D eigenvalue weighted by molar-refractivity contribution is 8.00. The highest BCUT2D eigenvalue weighted by Gasteiger charge is 2.27. The summed E-state index contributed by atoms with van der Waals surface area (Å²) in [5.74, 6) is -0.622. The molecule has 1 rings (SSSR count). The molecule has 0 unspecified atom stereocenters. The minimum absolute atomic E-state index is 0.255. The van der Waals surface area contributed by atoms with Gasteiger partial charge in [-0.15, -0.1) is 0 Å². The van der Waals surface area contributed by atoms with E-state index >= 15 is 0 Å². The average Bonchev–Trinajstić information content (AvgIpc) is 2.34. The second-order valence-corrected chi connectivity index (χ2v) is 6.93. The molecule has 9 heteroatoms. The summed E-state index contributed by atoms with van der Waals surface area (Å²) in [6.45, 7) is 0.105. The first-order chi connectivity index (χ1) is 9.22. The van der Waals surface area contributed by atoms with E-state index in [1.807, 2.05) is 0 Å². The van der Waals surface area contributed by atoms with Crippen LogP contribution in [0.1, 0.15) is 11.1 Å². The molecule has 0 radical (unpaired) electrons. The highest BCUT2D eigenvalue weighted by atomic mass is 32.2. The van der Waals surface area contributed by atoms with Crippen molar-refractivity contribution in [1.29, 1.82) is 0 Å². The van der Waals surface area contributed by atoms with E-state index in [-0.39, 0.29) is 29.8 Å². The summed E-state index contributed by atoms with van der Waals surface area (Å²) in [6, 6.07) is 6.69. The summed E-state index contributed by atoms with van der Waals surface area (Å²) < 4.78 is 61.0. The monoisotopic (exact) mass is 328 g/mol. The first-order valence-electron chi connectivity index (χ1n) is 5.68. The third kappa shape index (κ3) is 7.13. The fourth-order valence-electron chi connectivity index (χ4n) is 1.41. The van der Waals surface area contributed by atoms with E-state index in [1.54, 1.807) is 24.3 Å². The Morgan fingerprint density at radius 2 is 1.70 bits per heavy atom. The molecule has 1 aromatic rings. The number of thioether (sulfide) groups is 1. The third-order valence-electron chi connectivity index (χ3n) is 2.31. The third-order valence-corrected chi connectivity index (χ3v) is 4.40. The molecule has 4 nitrogen and oxygen atoms in total. The molecule has 20 heavy (non-hydrogen) atoms. The zero-order chi connectivity index (χ0) is 15.2. The number of hydrogen-bond acceptors (Lipinski definition) is 4. The zero-order valence-electron chi connectivity index (χ0n) is 10.5. The van der Waals surface area contributed by atoms with Crippen LogP contribution in [0.2, 0.25) is 0 Å². The van der Waals surface area contributed by atoms with Crippen molar-refractivity contribution in [3.05, 3.63) is 35.4 Å². The molecule has 0 aliphatic carbocycles. The lowest BCUT2D eigenvalue weighted by atomic mass is 10.1. The van der Waals surface area contributed by atoms with Crippen molar-refractivity contribution in [2.24, 2.45) is 5.73 Å². The Hall–Kier alpha value is -0.770. The summed E-state index contributed by atoms with van der Waals surface area (Å²) in [5, 5.41) is 0. The lowest BCUT2D eigenvalue weighted by Gasteiger charge is -2.08. The zero-order valence-corrected chi connectivity index (χ0v) is 12.1. The molecule has 0 fully saturated rings. The summed E-state index contributed by atoms with van der Waals surface area (Å²) >= 11 is -0.255. The van der Waals surface area contributed by atoms with Gasteiger partial charge in [0.15, 0.2) is 0 Å². The van der Waals surface area contributed by atoms with Crippen molar-refractivity contribution >= 4 is 21.8 Å². The van der Waals surface area contributed by atoms with Gasteiger partial charge in [-0.05, 0) is 22.9 Å². The maximum Gasteiger partial charge on any atom is 0.441 e. The van der Waals surface area contributed by atoms with Crippen LogP contribution < -0.4 is 10.5 Å². The van der Waals surface area contributed by atoms with Crippen LogP contribution >= 0.6 is 11.8 Å². The second kappa shape index (κ2) is 7.30. The number of halogens is 3. The predicted octanol–water partition coefficient (Wildman–Crippen LogP) is 1.82. The molecular weight excluding hydrogens is 313 g/mol. The Balaban J connectivity index is 2.44. The van der Waals surface area contributed by atoms with Gasteiger partial charge in [0, 0.05) is 18.8 Å². The summed E-state index contributed by atoms with van der Waals surface area (Å²) in [4.78, 5) is 0. The van der Waals surface area contributed by atoms with Crippen LogP contribution in [0.15, 0.2) is 24.3 Å². The topological polar surface area (TPSA) is 72.2 Å². The summed E-state index contributed by atoms with van der Waals surface area (Å²) in [5.41, 5.74) is 2.50. The van der Waals surface area contributed by atoms with Crippen molar-refractivity contribution in [2.45, 2.75) is 17.8 Å². The van der Waals surface area contributed by atoms with Gasteiger partial charge in [0.2, 0.25) is 10.0 Å². The fraction of sp³-hybridized carbons (Fsp3) is 0.455. The molecule has 0 atom stereocenters. The number of hydrogen-bond donors (Lipinski definition) is 2. The lowest BCUT2D eigenvalue weighted by Crippen LogP contribution is -2.28. The largest absolute Gasteiger partial charge is 0.441 e. The van der Waals surface area contributed by atoms with Gasteiger partial charge in [0.05, 0.1) is 5.75 Å². The molecule has 0 aliphatic heterocycles. The van der Waals surface area contributed by atoms with Crippen molar-refractivity contribution in [1.82, 2.24) is 4.72 Å². The molecule has 0 saturated heterocycles. The maximum atomic E-state index is 11.9. The quantitative estimate of drug-likeness (QED) is 0.749. The number of nitrogens with two attached hydrogens (primary N) is 1. The van der Waals surface area contributed by atoms with E-state index in [9.17, 15) is 21.6 Å². The second-order valence-electron chi connectivity index (χ2n) is 3.97. The van der Waals surface area contributed by atoms with E-state index in [0.29, 0.717) is 12.1 Å². The van der Waals surface area contributed by atoms with E-state index in [2.05, 4.69) is 4.72 Å². The van der Waals surface area contributed by atoms with Crippen molar-refractivity contribution in [3.8, 4) is 0 Å². The SMILES string of the molecule is NCc1ccc(CS(=O)(=O)NCCSC(F)(F)F)cc1. The molecule has 0 aromatic heterocycles. The van der Waals surface area contributed by atoms with Crippen LogP contribution in [0.4, 0.5) is 13.2 Å². The lowest BCUT2D eigenvalue weighted by molar-refractivity contribution is -0.0327. The van der Waals surface area contributed by atoms with Crippen LogP contribution in [0.25, 0.3) is 0 Å². The van der Waals surface area contributed by atoms with Crippen LogP contribution in [-0.2, 0) is 22.3 Å². The number of benzene rings is 1. The van der Waals surface area contributed by atoms with Crippen LogP contribution in [0.3, 0.4) is 0 Å². The molecule has 1 aromatic carbocycles. The minimum Gasteiger partial charge on any atom is -0.326 e. The molecule has 114 valence electrons. The molecular formula is C11H15F3N2O2S2. The molecule has 0 amide bonds. The van der Waals surface area contributed by atoms with Gasteiger partial charge in [-0.3, -0.25) is 0 Å². The van der Waals surface area contributed by atoms with Crippen molar-refractivity contribution < 1.29 is 21.6 Å². The van der Waals surface area contributed by atoms with Crippen LogP contribution in [-0.4, -0.2) is 26.2 Å². The Morgan fingerprint density at radius 1 is 1.15 bits per heavy atom. The van der Waals surface area contributed by atoms with Crippen molar-refractivity contribution in [2.75, 3.05) is 12.3 Å². The number of nitrogens with one attached hydrogen (secondary N) is 1. The number of alkyl halides is 3. The van der Waals surface area contributed by atoms with Crippen LogP contribution in [0.5, 0.6) is 0 Å². The van der Waals surface area contributed by atoms with Crippen LogP contribution in [0, 0.1) is 0 Å². The minimum atomic E-state index is -4.34. The van der Waals surface area contributed by atoms with Gasteiger partial charge < -0.3 is 5.73 Å². The molecule has 0 aliphatic rings. The summed E-state index contributed by atoms with van der Waals surface area (Å²) in [7, 11) is -3.63. The van der Waals surface area contributed by atoms with Gasteiger partial charge in [-0.1, -0.05) is 24.3 Å². The Labute approximate surface area is 120 Å². The molecule has 0 heterocycles. The number of rotatable bonds is 7. The van der Waals surface area contributed by atoms with Crippen molar-refractivity contribution in [3.63, 3.8) is 0 Å². The summed E-state index contributed by atoms with van der Waals surface area (Å²) in [6.07, 6.45) is 0. The average molecular weight is 328 g/mol. The molecule has 0 saturated carbocycles. The smallest absolute Gasteiger partial charge is 0.326 e. The Morgan fingerprint density at radius 3 is 2.20 bits per heavy atom. The van der Waals surface area contributed by atoms with E-state index < -0.39 is 15.5 Å². The number of sulfonamides is 1. The first-order valence-corrected chi connectivity index (χ1v) is 8.31. The van der Waals surface area contributed by atoms with Gasteiger partial charge in [-0.2, -0.15) is 13.2 Å². The van der Waals surface area contributed by atoms with Gasteiger partial charge in [0.1, 0.15) is 0 Å². The Kier molecular flexibility index (Phi) is 6.31. The van der Waals surface area contributed by atoms with Gasteiger partial charge >= 0.3 is 5.51 Å². The maximum absolute atomic E-state index is 11.9. The fourth-order valence-corrected chi connectivity index (χ4v) is 3.12. The first kappa shape index (κ1) is 17.3. The molecule has 0 bridgehead atoms. The molecule has 3 N–H and O–H groups in total. The van der Waals surface area contributed by atoms with Gasteiger partial charge in [0.25, 0.3) is 0 Å². The van der Waals surface area contributed by atoms with Gasteiger partial charge in [-0.25, -0.2) is 13.1 Å². The standard InChI is InChI=1S/C11H15F3N2O2S2/c12-11(13,14)19-6-5-16-20(17,18)8-10-3-1-9(7-15)2-4-10/h1-4,16H,5-8,15H2. The Bertz CT molecular complexity index is 515. The molecule has 0 spiro atoms. The van der Waals surface area contributed by atoms with E-state index in [1.165, 1.54) is 0 Å². The predicted molar refractivity (Wildman–Crippen MR) is 73.5 cm³/mol. The normalized spacial score (nSPS) is 12.6. The van der Waals surface area contributed by atoms with E-state index in [4.69, 9.17) is 5.73 Å². The highest BCUT2D eigenvalue weighted by Crippen LogP contribution is 2.29. The van der Waals surface area contributed by atoms with E-state index in [0.717, 1.165) is 5.56 Å².